The Hall–Kier alpha value is -1.59. The molecule has 1 N–H and O–H groups in total. The average Bonchev–Trinajstić information content (AvgIpc) is 2.85. The Kier molecular flexibility index (Phi) is 4.60. The number of carbonyl (C=O) groups excluding carboxylic acids is 1. The summed E-state index contributed by atoms with van der Waals surface area (Å²) >= 11 is 6.84. The number of hydrogen-bond acceptors (Lipinski definition) is 2. The zero-order valence-corrected chi connectivity index (χ0v) is 15.9. The minimum atomic E-state index is -0.0750. The molecule has 0 aliphatic heterocycles. The number of anilines is 1. The number of carbonyl (C=O) groups is 1. The molecule has 23 heavy (non-hydrogen) atoms. The van der Waals surface area contributed by atoms with E-state index in [-0.39, 0.29) is 12.3 Å². The molecule has 3 aromatic rings. The molecule has 0 unspecified atom stereocenters. The molecule has 1 heterocycles. The Morgan fingerprint density at radius 1 is 1.13 bits per heavy atom. The molecule has 0 radical (unpaired) electrons. The summed E-state index contributed by atoms with van der Waals surface area (Å²) in [5.41, 5.74) is 4.84. The predicted molar refractivity (Wildman–Crippen MR) is 99.9 cm³/mol. The number of benzene rings is 2. The monoisotopic (exact) mass is 435 g/mol. The Morgan fingerprint density at radius 3 is 2.61 bits per heavy atom. The van der Waals surface area contributed by atoms with Gasteiger partial charge in [-0.2, -0.15) is 0 Å². The fourth-order valence-electron chi connectivity index (χ4n) is 2.43. The molecule has 0 bridgehead atoms. The van der Waals surface area contributed by atoms with E-state index in [1.54, 1.807) is 6.26 Å². The van der Waals surface area contributed by atoms with Gasteiger partial charge in [0, 0.05) is 19.9 Å². The fourth-order valence-corrected chi connectivity index (χ4v) is 3.58. The van der Waals surface area contributed by atoms with Crippen LogP contribution in [0.5, 0.6) is 0 Å². The van der Waals surface area contributed by atoms with Gasteiger partial charge in [-0.25, -0.2) is 0 Å². The van der Waals surface area contributed by atoms with Crippen LogP contribution in [0.4, 0.5) is 5.69 Å². The van der Waals surface area contributed by atoms with Gasteiger partial charge in [-0.05, 0) is 71.2 Å². The number of amides is 1. The molecule has 0 atom stereocenters. The second-order valence-electron chi connectivity index (χ2n) is 5.54. The van der Waals surface area contributed by atoms with Crippen LogP contribution in [0.3, 0.4) is 0 Å². The van der Waals surface area contributed by atoms with Gasteiger partial charge in [0.25, 0.3) is 0 Å². The van der Waals surface area contributed by atoms with Crippen molar-refractivity contribution in [2.75, 3.05) is 5.32 Å². The first-order valence-electron chi connectivity index (χ1n) is 7.16. The molecule has 0 fully saturated rings. The second kappa shape index (κ2) is 6.49. The van der Waals surface area contributed by atoms with Crippen molar-refractivity contribution in [1.82, 2.24) is 0 Å². The normalized spacial score (nSPS) is 11.0. The van der Waals surface area contributed by atoms with E-state index >= 15 is 0 Å². The van der Waals surface area contributed by atoms with E-state index in [1.165, 1.54) is 11.1 Å². The topological polar surface area (TPSA) is 42.2 Å². The molecule has 3 nitrogen and oxygen atoms in total. The minimum Gasteiger partial charge on any atom is -0.464 e. The highest BCUT2D eigenvalue weighted by Gasteiger charge is 2.13. The summed E-state index contributed by atoms with van der Waals surface area (Å²) in [5.74, 6) is -0.0750. The predicted octanol–water partition coefficient (Wildman–Crippen LogP) is 5.76. The Labute approximate surface area is 151 Å². The number of hydrogen-bond donors (Lipinski definition) is 1. The summed E-state index contributed by atoms with van der Waals surface area (Å²) in [6.45, 7) is 4.11. The first-order chi connectivity index (χ1) is 10.9. The molecule has 3 rings (SSSR count). The average molecular weight is 437 g/mol. The largest absolute Gasteiger partial charge is 0.464 e. The van der Waals surface area contributed by atoms with E-state index < -0.39 is 0 Å². The maximum atomic E-state index is 12.3. The van der Waals surface area contributed by atoms with Gasteiger partial charge < -0.3 is 9.73 Å². The Balaban J connectivity index is 1.81. The third kappa shape index (κ3) is 3.51. The number of halogens is 2. The van der Waals surface area contributed by atoms with Crippen LogP contribution in [0.15, 0.2) is 50.0 Å². The van der Waals surface area contributed by atoms with Gasteiger partial charge in [-0.15, -0.1) is 0 Å². The lowest BCUT2D eigenvalue weighted by molar-refractivity contribution is -0.115. The lowest BCUT2D eigenvalue weighted by Crippen LogP contribution is -2.14. The highest BCUT2D eigenvalue weighted by atomic mass is 79.9. The summed E-state index contributed by atoms with van der Waals surface area (Å²) in [5, 5.41) is 3.92. The summed E-state index contributed by atoms with van der Waals surface area (Å²) in [7, 11) is 0. The molecule has 0 aliphatic carbocycles. The smallest absolute Gasteiger partial charge is 0.228 e. The molecule has 1 aromatic heterocycles. The van der Waals surface area contributed by atoms with E-state index in [0.717, 1.165) is 31.2 Å². The van der Waals surface area contributed by atoms with Crippen molar-refractivity contribution in [2.24, 2.45) is 0 Å². The molecule has 0 spiro atoms. The lowest BCUT2D eigenvalue weighted by Gasteiger charge is -2.07. The van der Waals surface area contributed by atoms with Gasteiger partial charge >= 0.3 is 0 Å². The maximum Gasteiger partial charge on any atom is 0.228 e. The van der Waals surface area contributed by atoms with Gasteiger partial charge in [0.15, 0.2) is 0 Å². The molecule has 1 amide bonds. The van der Waals surface area contributed by atoms with Crippen LogP contribution in [0.2, 0.25) is 0 Å². The van der Waals surface area contributed by atoms with Crippen LogP contribution in [-0.2, 0) is 11.2 Å². The highest BCUT2D eigenvalue weighted by Crippen LogP contribution is 2.28. The first kappa shape index (κ1) is 16.3. The quantitative estimate of drug-likeness (QED) is 0.567. The molecule has 2 aromatic carbocycles. The van der Waals surface area contributed by atoms with Crippen LogP contribution in [0.1, 0.15) is 16.7 Å². The fraction of sp³-hybridized carbons (Fsp3) is 0.167. The number of rotatable bonds is 3. The molecule has 5 heteroatoms. The van der Waals surface area contributed by atoms with Crippen LogP contribution >= 0.6 is 31.9 Å². The first-order valence-corrected chi connectivity index (χ1v) is 8.75. The van der Waals surface area contributed by atoms with Gasteiger partial charge in [0.2, 0.25) is 5.91 Å². The van der Waals surface area contributed by atoms with E-state index in [1.807, 2.05) is 24.3 Å². The van der Waals surface area contributed by atoms with Crippen molar-refractivity contribution in [3.05, 3.63) is 62.2 Å². The summed E-state index contributed by atoms with van der Waals surface area (Å²) in [4.78, 5) is 12.3. The standard InChI is InChI=1S/C18H15Br2NO2/c1-10-5-14-12(9-23-17(14)6-11(10)2)7-18(22)21-16-4-3-13(19)8-15(16)20/h3-6,8-9H,7H2,1-2H3,(H,21,22). The third-order valence-corrected chi connectivity index (χ3v) is 4.98. The van der Waals surface area contributed by atoms with Crippen LogP contribution in [0, 0.1) is 13.8 Å². The van der Waals surface area contributed by atoms with Crippen LogP contribution in [-0.4, -0.2) is 5.91 Å². The van der Waals surface area contributed by atoms with E-state index in [9.17, 15) is 4.79 Å². The SMILES string of the molecule is Cc1cc2occ(CC(=O)Nc3ccc(Br)cc3Br)c2cc1C. The molecule has 118 valence electrons. The van der Waals surface area contributed by atoms with E-state index in [0.29, 0.717) is 0 Å². The van der Waals surface area contributed by atoms with Gasteiger partial charge in [-0.1, -0.05) is 15.9 Å². The number of furan rings is 1. The van der Waals surface area contributed by atoms with Crippen molar-refractivity contribution in [1.29, 1.82) is 0 Å². The summed E-state index contributed by atoms with van der Waals surface area (Å²) in [6.07, 6.45) is 1.94. The molecule has 0 saturated carbocycles. The van der Waals surface area contributed by atoms with Gasteiger partial charge in [0.1, 0.15) is 5.58 Å². The summed E-state index contributed by atoms with van der Waals surface area (Å²) < 4.78 is 7.37. The van der Waals surface area contributed by atoms with E-state index in [2.05, 4.69) is 57.1 Å². The highest BCUT2D eigenvalue weighted by molar-refractivity contribution is 9.11. The maximum absolute atomic E-state index is 12.3. The third-order valence-electron chi connectivity index (χ3n) is 3.83. The van der Waals surface area contributed by atoms with Crippen molar-refractivity contribution in [3.63, 3.8) is 0 Å². The van der Waals surface area contributed by atoms with E-state index in [4.69, 9.17) is 4.42 Å². The minimum absolute atomic E-state index is 0.0750. The zero-order valence-electron chi connectivity index (χ0n) is 12.7. The number of nitrogens with one attached hydrogen (secondary N) is 1. The van der Waals surface area contributed by atoms with Gasteiger partial charge in [-0.3, -0.25) is 4.79 Å². The second-order valence-corrected chi connectivity index (χ2v) is 7.31. The number of aryl methyl sites for hydroxylation is 2. The summed E-state index contributed by atoms with van der Waals surface area (Å²) in [6, 6.07) is 9.73. The van der Waals surface area contributed by atoms with Crippen molar-refractivity contribution >= 4 is 54.4 Å². The molecular weight excluding hydrogens is 422 g/mol. The zero-order chi connectivity index (χ0) is 16.6. The van der Waals surface area contributed by atoms with Crippen LogP contribution in [0.25, 0.3) is 11.0 Å². The molecular formula is C18H15Br2NO2. The molecule has 0 aliphatic rings. The van der Waals surface area contributed by atoms with Crippen molar-refractivity contribution < 1.29 is 9.21 Å². The molecule has 0 saturated heterocycles. The van der Waals surface area contributed by atoms with Gasteiger partial charge in [0.05, 0.1) is 18.4 Å². The Morgan fingerprint density at radius 2 is 1.87 bits per heavy atom. The van der Waals surface area contributed by atoms with Crippen molar-refractivity contribution in [2.45, 2.75) is 20.3 Å². The lowest BCUT2D eigenvalue weighted by atomic mass is 10.0. The van der Waals surface area contributed by atoms with Crippen molar-refractivity contribution in [3.8, 4) is 0 Å². The van der Waals surface area contributed by atoms with Crippen LogP contribution < -0.4 is 5.32 Å². The Bertz CT molecular complexity index is 899. The number of fused-ring (bicyclic) bond motifs is 1.